The number of benzene rings is 1. The van der Waals surface area contributed by atoms with E-state index < -0.39 is 8.07 Å². The van der Waals surface area contributed by atoms with Crippen LogP contribution in [-0.4, -0.2) is 34.2 Å². The fraction of sp³-hybridized carbons (Fsp3) is 0.346. The van der Waals surface area contributed by atoms with Crippen LogP contribution in [0.1, 0.15) is 24.4 Å². The average Bonchev–Trinajstić information content (AvgIpc) is 3.15. The standard InChI is InChI=1S/C26H33N5O2Si/c1-18(20-9-7-6-8-10-20)33-26-24-22(21-11-12-28-23(27)15-21)16-31(25(24)29-19(2)30-26)17-32-13-14-34(3,4)5/h6-12,15-16,18H,13-14,17H2,1-5H3,(H2,27,28). The van der Waals surface area contributed by atoms with Crippen LogP contribution in [0.3, 0.4) is 0 Å². The summed E-state index contributed by atoms with van der Waals surface area (Å²) < 4.78 is 14.5. The van der Waals surface area contributed by atoms with Gasteiger partial charge >= 0.3 is 0 Å². The zero-order chi connectivity index (χ0) is 24.3. The summed E-state index contributed by atoms with van der Waals surface area (Å²) in [6.45, 7) is 12.1. The molecule has 1 unspecified atom stereocenters. The van der Waals surface area contributed by atoms with Crippen molar-refractivity contribution in [1.29, 1.82) is 0 Å². The van der Waals surface area contributed by atoms with Gasteiger partial charge in [-0.2, -0.15) is 4.98 Å². The third kappa shape index (κ3) is 5.63. The monoisotopic (exact) mass is 475 g/mol. The first-order valence-corrected chi connectivity index (χ1v) is 15.3. The molecule has 0 bridgehead atoms. The van der Waals surface area contributed by atoms with Crippen LogP contribution in [0.2, 0.25) is 25.7 Å². The highest BCUT2D eigenvalue weighted by atomic mass is 28.3. The normalized spacial score (nSPS) is 12.7. The van der Waals surface area contributed by atoms with Crippen LogP contribution in [0.15, 0.2) is 54.9 Å². The van der Waals surface area contributed by atoms with Crippen LogP contribution >= 0.6 is 0 Å². The lowest BCUT2D eigenvalue weighted by atomic mass is 10.1. The lowest BCUT2D eigenvalue weighted by molar-refractivity contribution is 0.0899. The van der Waals surface area contributed by atoms with E-state index in [4.69, 9.17) is 20.2 Å². The Balaban J connectivity index is 1.76. The smallest absolute Gasteiger partial charge is 0.227 e. The van der Waals surface area contributed by atoms with Crippen molar-refractivity contribution in [2.45, 2.75) is 52.4 Å². The van der Waals surface area contributed by atoms with Crippen LogP contribution in [-0.2, 0) is 11.5 Å². The van der Waals surface area contributed by atoms with Gasteiger partial charge in [-0.3, -0.25) is 0 Å². The third-order valence-corrected chi connectivity index (χ3v) is 7.38. The molecule has 0 radical (unpaired) electrons. The second-order valence-electron chi connectivity index (χ2n) is 9.78. The van der Waals surface area contributed by atoms with Gasteiger partial charge in [0.1, 0.15) is 30.1 Å². The van der Waals surface area contributed by atoms with Gasteiger partial charge in [-0.15, -0.1) is 0 Å². The van der Waals surface area contributed by atoms with E-state index in [0.717, 1.165) is 40.4 Å². The van der Waals surface area contributed by atoms with E-state index in [9.17, 15) is 0 Å². The van der Waals surface area contributed by atoms with Gasteiger partial charge in [0.15, 0.2) is 0 Å². The largest absolute Gasteiger partial charge is 0.469 e. The number of fused-ring (bicyclic) bond motifs is 1. The molecule has 4 rings (SSSR count). The molecule has 34 heavy (non-hydrogen) atoms. The maximum Gasteiger partial charge on any atom is 0.227 e. The molecule has 0 aliphatic carbocycles. The minimum atomic E-state index is -1.17. The zero-order valence-corrected chi connectivity index (χ0v) is 21.6. The number of anilines is 1. The van der Waals surface area contributed by atoms with Gasteiger partial charge in [-0.25, -0.2) is 9.97 Å². The third-order valence-electron chi connectivity index (χ3n) is 5.67. The van der Waals surface area contributed by atoms with Crippen LogP contribution in [0, 0.1) is 6.92 Å². The number of hydrogen-bond acceptors (Lipinski definition) is 6. The van der Waals surface area contributed by atoms with Gasteiger partial charge in [0.05, 0.1) is 5.39 Å². The molecule has 0 aliphatic rings. The van der Waals surface area contributed by atoms with E-state index in [1.165, 1.54) is 0 Å². The Morgan fingerprint density at radius 1 is 1.09 bits per heavy atom. The van der Waals surface area contributed by atoms with Crippen molar-refractivity contribution in [3.8, 4) is 17.0 Å². The van der Waals surface area contributed by atoms with E-state index in [0.29, 0.717) is 24.3 Å². The van der Waals surface area contributed by atoms with Gasteiger partial charge in [-0.05, 0) is 43.2 Å². The Bertz CT molecular complexity index is 1270. The molecule has 3 aromatic heterocycles. The summed E-state index contributed by atoms with van der Waals surface area (Å²) >= 11 is 0. The molecule has 0 amide bonds. The summed E-state index contributed by atoms with van der Waals surface area (Å²) in [7, 11) is -1.17. The van der Waals surface area contributed by atoms with Crippen LogP contribution in [0.4, 0.5) is 5.82 Å². The second-order valence-corrected chi connectivity index (χ2v) is 15.4. The van der Waals surface area contributed by atoms with Crippen molar-refractivity contribution in [3.63, 3.8) is 0 Å². The highest BCUT2D eigenvalue weighted by molar-refractivity contribution is 6.76. The Labute approximate surface area is 202 Å². The quantitative estimate of drug-likeness (QED) is 0.242. The van der Waals surface area contributed by atoms with E-state index in [1.54, 1.807) is 6.20 Å². The van der Waals surface area contributed by atoms with Crippen molar-refractivity contribution in [2.75, 3.05) is 12.3 Å². The number of rotatable bonds is 9. The summed E-state index contributed by atoms with van der Waals surface area (Å²) in [5, 5.41) is 0.841. The van der Waals surface area contributed by atoms with Crippen molar-refractivity contribution >= 4 is 24.9 Å². The molecule has 2 N–H and O–H groups in total. The highest BCUT2D eigenvalue weighted by Crippen LogP contribution is 2.37. The maximum atomic E-state index is 6.42. The van der Waals surface area contributed by atoms with E-state index in [2.05, 4.69) is 41.7 Å². The topological polar surface area (TPSA) is 88.1 Å². The molecule has 0 saturated heterocycles. The first kappa shape index (κ1) is 23.9. The second kappa shape index (κ2) is 9.95. The molecule has 4 aromatic rings. The molecular weight excluding hydrogens is 442 g/mol. The lowest BCUT2D eigenvalue weighted by Crippen LogP contribution is -2.22. The Hall–Kier alpha value is -3.23. The molecule has 1 aromatic carbocycles. The molecular formula is C26H33N5O2Si. The van der Waals surface area contributed by atoms with Crippen LogP contribution in [0.25, 0.3) is 22.2 Å². The average molecular weight is 476 g/mol. The number of aryl methyl sites for hydroxylation is 1. The van der Waals surface area contributed by atoms with Crippen molar-refractivity contribution in [2.24, 2.45) is 0 Å². The first-order chi connectivity index (χ1) is 16.2. The Kier molecular flexibility index (Phi) is 6.99. The maximum absolute atomic E-state index is 6.42. The molecule has 0 aliphatic heterocycles. The predicted octanol–water partition coefficient (Wildman–Crippen LogP) is 5.84. The number of aromatic nitrogens is 4. The minimum Gasteiger partial charge on any atom is -0.469 e. The highest BCUT2D eigenvalue weighted by Gasteiger charge is 2.21. The summed E-state index contributed by atoms with van der Waals surface area (Å²) in [6.07, 6.45) is 3.58. The summed E-state index contributed by atoms with van der Waals surface area (Å²) in [4.78, 5) is 13.6. The minimum absolute atomic E-state index is 0.176. The van der Waals surface area contributed by atoms with Crippen LogP contribution in [0.5, 0.6) is 5.88 Å². The number of ether oxygens (including phenoxy) is 2. The molecule has 8 heteroatoms. The number of hydrogen-bond donors (Lipinski definition) is 1. The molecule has 178 valence electrons. The first-order valence-electron chi connectivity index (χ1n) is 11.6. The molecule has 0 saturated carbocycles. The number of nitrogens with zero attached hydrogens (tertiary/aromatic N) is 4. The molecule has 3 heterocycles. The van der Waals surface area contributed by atoms with Crippen LogP contribution < -0.4 is 10.5 Å². The molecule has 1 atom stereocenters. The molecule has 0 fully saturated rings. The Morgan fingerprint density at radius 3 is 2.56 bits per heavy atom. The Morgan fingerprint density at radius 2 is 1.85 bits per heavy atom. The number of nitrogens with two attached hydrogens (primary N) is 1. The SMILES string of the molecule is Cc1nc(OC(C)c2ccccc2)c2c(-c3ccnc(N)c3)cn(COCC[Si](C)(C)C)c2n1. The van der Waals surface area contributed by atoms with Gasteiger partial charge in [0.2, 0.25) is 5.88 Å². The summed E-state index contributed by atoms with van der Waals surface area (Å²) in [5.41, 5.74) is 9.73. The number of nitrogen functional groups attached to an aromatic ring is 1. The van der Waals surface area contributed by atoms with Gasteiger partial charge < -0.3 is 19.8 Å². The van der Waals surface area contributed by atoms with E-state index in [1.807, 2.05) is 54.9 Å². The van der Waals surface area contributed by atoms with Crippen molar-refractivity contribution < 1.29 is 9.47 Å². The summed E-state index contributed by atoms with van der Waals surface area (Å²) in [6, 6.07) is 15.0. The fourth-order valence-electron chi connectivity index (χ4n) is 3.78. The lowest BCUT2D eigenvalue weighted by Gasteiger charge is -2.16. The van der Waals surface area contributed by atoms with Crippen molar-refractivity contribution in [3.05, 3.63) is 66.2 Å². The van der Waals surface area contributed by atoms with Crippen molar-refractivity contribution in [1.82, 2.24) is 19.5 Å². The zero-order valence-electron chi connectivity index (χ0n) is 20.6. The summed E-state index contributed by atoms with van der Waals surface area (Å²) in [5.74, 6) is 1.65. The fourth-order valence-corrected chi connectivity index (χ4v) is 4.53. The van der Waals surface area contributed by atoms with Gasteiger partial charge in [0.25, 0.3) is 0 Å². The number of pyridine rings is 1. The van der Waals surface area contributed by atoms with E-state index >= 15 is 0 Å². The van der Waals surface area contributed by atoms with Gasteiger partial charge in [0, 0.05) is 32.6 Å². The van der Waals surface area contributed by atoms with E-state index in [-0.39, 0.29) is 6.10 Å². The molecule has 0 spiro atoms. The predicted molar refractivity (Wildman–Crippen MR) is 139 cm³/mol. The van der Waals surface area contributed by atoms with Gasteiger partial charge in [-0.1, -0.05) is 50.0 Å². The molecule has 7 nitrogen and oxygen atoms in total.